The van der Waals surface area contributed by atoms with Crippen molar-refractivity contribution in [3.05, 3.63) is 64.0 Å². The number of thiazole rings is 1. The number of hydrogen-bond donors (Lipinski definition) is 2. The first-order valence-electron chi connectivity index (χ1n) is 8.92. The second-order valence-electron chi connectivity index (χ2n) is 6.38. The van der Waals surface area contributed by atoms with Crippen LogP contribution in [-0.4, -0.2) is 38.9 Å². The Labute approximate surface area is 188 Å². The molecule has 0 spiro atoms. The highest BCUT2D eigenvalue weighted by atomic mass is 35.5. The summed E-state index contributed by atoms with van der Waals surface area (Å²) in [4.78, 5) is 28.4. The van der Waals surface area contributed by atoms with Crippen LogP contribution in [0.25, 0.3) is 11.3 Å². The monoisotopic (exact) mass is 479 g/mol. The van der Waals surface area contributed by atoms with Gasteiger partial charge in [0.05, 0.1) is 16.3 Å². The van der Waals surface area contributed by atoms with E-state index in [9.17, 15) is 18.0 Å². The van der Waals surface area contributed by atoms with Crippen molar-refractivity contribution in [3.63, 3.8) is 0 Å². The van der Waals surface area contributed by atoms with Gasteiger partial charge in [0.25, 0.3) is 5.91 Å². The van der Waals surface area contributed by atoms with Gasteiger partial charge in [0.1, 0.15) is 4.90 Å². The molecule has 0 aliphatic heterocycles. The fourth-order valence-corrected chi connectivity index (χ4v) is 4.49. The Bertz CT molecular complexity index is 1220. The summed E-state index contributed by atoms with van der Waals surface area (Å²) in [7, 11) is -2.63. The normalized spacial score (nSPS) is 11.2. The van der Waals surface area contributed by atoms with Gasteiger partial charge >= 0.3 is 5.97 Å². The Balaban J connectivity index is 1.61. The van der Waals surface area contributed by atoms with E-state index >= 15 is 0 Å². The molecule has 3 aromatic rings. The van der Waals surface area contributed by atoms with Crippen LogP contribution >= 0.6 is 22.9 Å². The van der Waals surface area contributed by atoms with Gasteiger partial charge in [-0.3, -0.25) is 10.1 Å². The maximum absolute atomic E-state index is 12.2. The van der Waals surface area contributed by atoms with Crippen LogP contribution in [0.3, 0.4) is 0 Å². The Morgan fingerprint density at radius 2 is 1.87 bits per heavy atom. The number of aromatic nitrogens is 1. The SMILES string of the molecule is CNS(=O)(=O)c1cc(C(=O)OCC(=O)Nc2nc(-c3ccc(C)cc3)cs2)ccc1Cl. The average Bonchev–Trinajstić information content (AvgIpc) is 3.21. The van der Waals surface area contributed by atoms with Gasteiger partial charge in [0.15, 0.2) is 11.7 Å². The van der Waals surface area contributed by atoms with Gasteiger partial charge in [-0.05, 0) is 32.2 Å². The first-order chi connectivity index (χ1) is 14.7. The van der Waals surface area contributed by atoms with Crippen molar-refractivity contribution in [3.8, 4) is 11.3 Å². The number of benzene rings is 2. The lowest BCUT2D eigenvalue weighted by Gasteiger charge is -2.08. The first kappa shape index (κ1) is 22.9. The zero-order valence-electron chi connectivity index (χ0n) is 16.5. The fourth-order valence-electron chi connectivity index (χ4n) is 2.50. The molecule has 0 saturated carbocycles. The number of sulfonamides is 1. The Kier molecular flexibility index (Phi) is 7.06. The molecule has 1 amide bonds. The molecule has 0 unspecified atom stereocenters. The average molecular weight is 480 g/mol. The number of aryl methyl sites for hydroxylation is 1. The van der Waals surface area contributed by atoms with Crippen molar-refractivity contribution < 1.29 is 22.7 Å². The van der Waals surface area contributed by atoms with E-state index in [0.29, 0.717) is 5.13 Å². The smallest absolute Gasteiger partial charge is 0.338 e. The lowest BCUT2D eigenvalue weighted by molar-refractivity contribution is -0.119. The van der Waals surface area contributed by atoms with Gasteiger partial charge in [-0.25, -0.2) is 22.9 Å². The highest BCUT2D eigenvalue weighted by Crippen LogP contribution is 2.25. The van der Waals surface area contributed by atoms with Crippen molar-refractivity contribution in [2.75, 3.05) is 19.0 Å². The minimum absolute atomic E-state index is 0.0446. The summed E-state index contributed by atoms with van der Waals surface area (Å²) in [6.07, 6.45) is 0. The van der Waals surface area contributed by atoms with E-state index in [-0.39, 0.29) is 15.5 Å². The van der Waals surface area contributed by atoms with Gasteiger partial charge in [-0.15, -0.1) is 11.3 Å². The summed E-state index contributed by atoms with van der Waals surface area (Å²) < 4.78 is 31.0. The largest absolute Gasteiger partial charge is 0.452 e. The number of esters is 1. The van der Waals surface area contributed by atoms with E-state index in [1.165, 1.54) is 30.5 Å². The molecule has 2 N–H and O–H groups in total. The van der Waals surface area contributed by atoms with Crippen LogP contribution in [0, 0.1) is 6.92 Å². The zero-order chi connectivity index (χ0) is 22.6. The topological polar surface area (TPSA) is 114 Å². The number of rotatable bonds is 7. The van der Waals surface area contributed by atoms with E-state index in [0.717, 1.165) is 22.9 Å². The molecule has 3 rings (SSSR count). The lowest BCUT2D eigenvalue weighted by atomic mass is 10.1. The number of amides is 1. The minimum Gasteiger partial charge on any atom is -0.452 e. The molecule has 0 radical (unpaired) electrons. The van der Waals surface area contributed by atoms with Crippen molar-refractivity contribution in [2.24, 2.45) is 0 Å². The molecule has 0 bridgehead atoms. The highest BCUT2D eigenvalue weighted by Gasteiger charge is 2.20. The van der Waals surface area contributed by atoms with Crippen LogP contribution in [0.2, 0.25) is 5.02 Å². The lowest BCUT2D eigenvalue weighted by Crippen LogP contribution is -2.22. The van der Waals surface area contributed by atoms with Crippen LogP contribution in [0.15, 0.2) is 52.7 Å². The molecule has 11 heteroatoms. The van der Waals surface area contributed by atoms with Gasteiger partial charge in [-0.1, -0.05) is 41.4 Å². The maximum atomic E-state index is 12.2. The van der Waals surface area contributed by atoms with E-state index in [1.807, 2.05) is 36.6 Å². The molecule has 8 nitrogen and oxygen atoms in total. The summed E-state index contributed by atoms with van der Waals surface area (Å²) in [5.41, 5.74) is 2.72. The molecule has 2 aromatic carbocycles. The summed E-state index contributed by atoms with van der Waals surface area (Å²) in [6.45, 7) is 1.43. The molecule has 31 heavy (non-hydrogen) atoms. The molecule has 0 saturated heterocycles. The molecular weight excluding hydrogens is 462 g/mol. The molecule has 0 aliphatic rings. The molecule has 162 valence electrons. The summed E-state index contributed by atoms with van der Waals surface area (Å²) in [5, 5.41) is 4.70. The molecule has 1 heterocycles. The highest BCUT2D eigenvalue weighted by molar-refractivity contribution is 7.89. The van der Waals surface area contributed by atoms with Crippen molar-refractivity contribution in [1.29, 1.82) is 0 Å². The number of anilines is 1. The molecule has 0 atom stereocenters. The number of nitrogens with one attached hydrogen (secondary N) is 2. The van der Waals surface area contributed by atoms with E-state index in [4.69, 9.17) is 16.3 Å². The number of carbonyl (C=O) groups is 2. The molecule has 1 aromatic heterocycles. The van der Waals surface area contributed by atoms with Crippen molar-refractivity contribution in [2.45, 2.75) is 11.8 Å². The Hall–Kier alpha value is -2.79. The van der Waals surface area contributed by atoms with E-state index in [2.05, 4.69) is 15.0 Å². The van der Waals surface area contributed by atoms with Gasteiger partial charge in [-0.2, -0.15) is 0 Å². The molecule has 0 fully saturated rings. The number of carbonyl (C=O) groups excluding carboxylic acids is 2. The summed E-state index contributed by atoms with van der Waals surface area (Å²) >= 11 is 7.14. The van der Waals surface area contributed by atoms with Crippen LogP contribution in [-0.2, 0) is 19.6 Å². The predicted molar refractivity (Wildman–Crippen MR) is 119 cm³/mol. The summed E-state index contributed by atoms with van der Waals surface area (Å²) in [5.74, 6) is -1.44. The number of nitrogens with zero attached hydrogens (tertiary/aromatic N) is 1. The standard InChI is InChI=1S/C20H18ClN3O5S2/c1-12-3-5-13(6-4-12)16-11-30-20(23-16)24-18(25)10-29-19(26)14-7-8-15(21)17(9-14)31(27,28)22-2/h3-9,11,22H,10H2,1-2H3,(H,23,24,25). The maximum Gasteiger partial charge on any atom is 0.338 e. The zero-order valence-corrected chi connectivity index (χ0v) is 18.9. The molecular formula is C20H18ClN3O5S2. The Morgan fingerprint density at radius 1 is 1.16 bits per heavy atom. The second kappa shape index (κ2) is 9.56. The number of hydrogen-bond acceptors (Lipinski definition) is 7. The van der Waals surface area contributed by atoms with Crippen LogP contribution < -0.4 is 10.0 Å². The third kappa shape index (κ3) is 5.67. The van der Waals surface area contributed by atoms with Gasteiger partial charge in [0, 0.05) is 10.9 Å². The first-order valence-corrected chi connectivity index (χ1v) is 11.7. The minimum atomic E-state index is -3.86. The van der Waals surface area contributed by atoms with Crippen LogP contribution in [0.4, 0.5) is 5.13 Å². The quantitative estimate of drug-likeness (QED) is 0.501. The van der Waals surface area contributed by atoms with Crippen LogP contribution in [0.5, 0.6) is 0 Å². The third-order valence-corrected chi connectivity index (χ3v) is 6.81. The van der Waals surface area contributed by atoms with E-state index in [1.54, 1.807) is 0 Å². The number of ether oxygens (including phenoxy) is 1. The van der Waals surface area contributed by atoms with Gasteiger partial charge < -0.3 is 4.74 Å². The number of halogens is 1. The third-order valence-electron chi connectivity index (χ3n) is 4.16. The predicted octanol–water partition coefficient (Wildman–Crippen LogP) is 3.48. The second-order valence-corrected chi connectivity index (χ2v) is 9.50. The summed E-state index contributed by atoms with van der Waals surface area (Å²) in [6, 6.07) is 11.5. The van der Waals surface area contributed by atoms with Crippen molar-refractivity contribution in [1.82, 2.24) is 9.71 Å². The molecule has 0 aliphatic carbocycles. The van der Waals surface area contributed by atoms with Crippen LogP contribution in [0.1, 0.15) is 15.9 Å². The van der Waals surface area contributed by atoms with E-state index < -0.39 is 28.5 Å². The fraction of sp³-hybridized carbons (Fsp3) is 0.150. The van der Waals surface area contributed by atoms with Crippen molar-refractivity contribution >= 4 is 50.0 Å². The Morgan fingerprint density at radius 3 is 2.55 bits per heavy atom. The van der Waals surface area contributed by atoms with Gasteiger partial charge in [0.2, 0.25) is 10.0 Å².